The first kappa shape index (κ1) is 15.1. The van der Waals surface area contributed by atoms with Crippen LogP contribution in [0.3, 0.4) is 0 Å². The molecule has 0 aliphatic heterocycles. The van der Waals surface area contributed by atoms with Crippen molar-refractivity contribution in [1.82, 2.24) is 0 Å². The number of aliphatic hydroxyl groups excluding tert-OH is 1. The first-order chi connectivity index (χ1) is 8.72. The summed E-state index contributed by atoms with van der Waals surface area (Å²) in [5, 5.41) is 9.57. The van der Waals surface area contributed by atoms with Gasteiger partial charge in [0, 0.05) is 0 Å². The fraction of sp³-hybridized carbons (Fsp3) is 0.571. The second-order valence-corrected chi connectivity index (χ2v) is 4.58. The Labute approximate surface area is 114 Å². The van der Waals surface area contributed by atoms with Crippen LogP contribution in [0.15, 0.2) is 12.1 Å². The van der Waals surface area contributed by atoms with Crippen molar-refractivity contribution in [2.24, 2.45) is 0 Å². The molecule has 1 N–H and O–H groups in total. The van der Waals surface area contributed by atoms with Crippen LogP contribution in [0, 0.1) is 0 Å². The van der Waals surface area contributed by atoms with Crippen molar-refractivity contribution in [3.8, 4) is 11.5 Å². The zero-order chi connectivity index (χ0) is 13.4. The minimum Gasteiger partial charge on any atom is -0.493 e. The molecule has 0 bridgehead atoms. The van der Waals surface area contributed by atoms with Crippen LogP contribution in [0.1, 0.15) is 38.2 Å². The van der Waals surface area contributed by atoms with Gasteiger partial charge in [-0.25, -0.2) is 0 Å². The molecule has 18 heavy (non-hydrogen) atoms. The molecule has 0 unspecified atom stereocenters. The summed E-state index contributed by atoms with van der Waals surface area (Å²) in [6.07, 6.45) is 4.59. The minimum atomic E-state index is -0.0626. The van der Waals surface area contributed by atoms with Crippen molar-refractivity contribution in [1.29, 1.82) is 0 Å². The topological polar surface area (TPSA) is 38.7 Å². The van der Waals surface area contributed by atoms with Gasteiger partial charge in [-0.05, 0) is 24.1 Å². The summed E-state index contributed by atoms with van der Waals surface area (Å²) in [7, 11) is 1.57. The van der Waals surface area contributed by atoms with E-state index in [1.165, 1.54) is 12.8 Å². The fourth-order valence-electron chi connectivity index (χ4n) is 1.71. The monoisotopic (exact) mass is 272 g/mol. The maximum absolute atomic E-state index is 9.09. The lowest BCUT2D eigenvalue weighted by Crippen LogP contribution is -2.01. The van der Waals surface area contributed by atoms with E-state index in [0.29, 0.717) is 23.1 Å². The molecule has 3 nitrogen and oxygen atoms in total. The van der Waals surface area contributed by atoms with Gasteiger partial charge in [0.15, 0.2) is 11.5 Å². The number of hydrogen-bond donors (Lipinski definition) is 1. The summed E-state index contributed by atoms with van der Waals surface area (Å²) >= 11 is 6.12. The number of ether oxygens (including phenoxy) is 2. The van der Waals surface area contributed by atoms with E-state index in [1.807, 2.05) is 0 Å². The van der Waals surface area contributed by atoms with Gasteiger partial charge in [0.05, 0.1) is 25.3 Å². The molecule has 4 heteroatoms. The largest absolute Gasteiger partial charge is 0.493 e. The smallest absolute Gasteiger partial charge is 0.179 e. The molecule has 0 aromatic heterocycles. The summed E-state index contributed by atoms with van der Waals surface area (Å²) in [6.45, 7) is 2.75. The third kappa shape index (κ3) is 4.39. The number of unbranched alkanes of at least 4 members (excludes halogenated alkanes) is 3. The van der Waals surface area contributed by atoms with E-state index >= 15 is 0 Å². The summed E-state index contributed by atoms with van der Waals surface area (Å²) in [6, 6.07) is 3.44. The van der Waals surface area contributed by atoms with E-state index < -0.39 is 0 Å². The van der Waals surface area contributed by atoms with Crippen LogP contribution in [0.25, 0.3) is 0 Å². The summed E-state index contributed by atoms with van der Waals surface area (Å²) in [4.78, 5) is 0. The van der Waals surface area contributed by atoms with Crippen LogP contribution < -0.4 is 9.47 Å². The molecule has 0 saturated heterocycles. The van der Waals surface area contributed by atoms with Gasteiger partial charge >= 0.3 is 0 Å². The van der Waals surface area contributed by atoms with Crippen LogP contribution >= 0.6 is 11.6 Å². The van der Waals surface area contributed by atoms with E-state index in [1.54, 1.807) is 19.2 Å². The van der Waals surface area contributed by atoms with Crippen molar-refractivity contribution in [3.63, 3.8) is 0 Å². The van der Waals surface area contributed by atoms with Gasteiger partial charge < -0.3 is 14.6 Å². The Bertz CT molecular complexity index is 366. The van der Waals surface area contributed by atoms with Crippen LogP contribution in [-0.2, 0) is 6.61 Å². The first-order valence-corrected chi connectivity index (χ1v) is 6.70. The van der Waals surface area contributed by atoms with Crippen molar-refractivity contribution >= 4 is 11.6 Å². The Balaban J connectivity index is 2.63. The highest BCUT2D eigenvalue weighted by Crippen LogP contribution is 2.36. The maximum Gasteiger partial charge on any atom is 0.179 e. The molecule has 0 spiro atoms. The molecule has 1 aromatic rings. The predicted molar refractivity (Wildman–Crippen MR) is 73.6 cm³/mol. The quantitative estimate of drug-likeness (QED) is 0.732. The van der Waals surface area contributed by atoms with Crippen molar-refractivity contribution in [2.75, 3.05) is 13.7 Å². The molecule has 1 aromatic carbocycles. The first-order valence-electron chi connectivity index (χ1n) is 6.33. The van der Waals surface area contributed by atoms with Gasteiger partial charge in [0.2, 0.25) is 0 Å². The van der Waals surface area contributed by atoms with E-state index in [-0.39, 0.29) is 6.61 Å². The van der Waals surface area contributed by atoms with E-state index in [2.05, 4.69) is 6.92 Å². The van der Waals surface area contributed by atoms with Crippen molar-refractivity contribution in [2.45, 2.75) is 39.2 Å². The number of hydrogen-bond acceptors (Lipinski definition) is 3. The van der Waals surface area contributed by atoms with E-state index in [9.17, 15) is 0 Å². The Kier molecular flexibility index (Phi) is 6.91. The van der Waals surface area contributed by atoms with Gasteiger partial charge in [0.25, 0.3) is 0 Å². The van der Waals surface area contributed by atoms with Crippen LogP contribution in [0.5, 0.6) is 11.5 Å². The van der Waals surface area contributed by atoms with Crippen molar-refractivity contribution < 1.29 is 14.6 Å². The van der Waals surface area contributed by atoms with Crippen LogP contribution in [0.4, 0.5) is 0 Å². The Morgan fingerprint density at radius 2 is 2.00 bits per heavy atom. The molecule has 0 saturated carbocycles. The Hall–Kier alpha value is -0.930. The lowest BCUT2D eigenvalue weighted by molar-refractivity contribution is 0.275. The summed E-state index contributed by atoms with van der Waals surface area (Å²) in [5.41, 5.74) is 0.718. The van der Waals surface area contributed by atoms with E-state index in [4.69, 9.17) is 26.2 Å². The molecule has 0 atom stereocenters. The average molecular weight is 273 g/mol. The minimum absolute atomic E-state index is 0.0626. The zero-order valence-electron chi connectivity index (χ0n) is 11.0. The van der Waals surface area contributed by atoms with Crippen molar-refractivity contribution in [3.05, 3.63) is 22.7 Å². The number of benzene rings is 1. The highest BCUT2D eigenvalue weighted by Gasteiger charge is 2.11. The van der Waals surface area contributed by atoms with E-state index in [0.717, 1.165) is 18.4 Å². The molecule has 0 fully saturated rings. The maximum atomic E-state index is 9.09. The molecule has 0 amide bonds. The lowest BCUT2D eigenvalue weighted by Gasteiger charge is -2.13. The average Bonchev–Trinajstić information content (AvgIpc) is 2.39. The number of rotatable bonds is 8. The normalized spacial score (nSPS) is 10.4. The Morgan fingerprint density at radius 3 is 2.61 bits per heavy atom. The van der Waals surface area contributed by atoms with Gasteiger partial charge in [0.1, 0.15) is 0 Å². The lowest BCUT2D eigenvalue weighted by atomic mass is 10.2. The molecule has 0 aliphatic rings. The second-order valence-electron chi connectivity index (χ2n) is 4.18. The third-order valence-electron chi connectivity index (χ3n) is 2.72. The number of methoxy groups -OCH3 is 1. The Morgan fingerprint density at radius 1 is 1.22 bits per heavy atom. The SMILES string of the molecule is CCCCCCOc1c(Cl)cc(CO)cc1OC. The van der Waals surface area contributed by atoms with Crippen LogP contribution in [-0.4, -0.2) is 18.8 Å². The summed E-state index contributed by atoms with van der Waals surface area (Å²) in [5.74, 6) is 1.13. The molecule has 0 heterocycles. The van der Waals surface area contributed by atoms with Gasteiger partial charge in [-0.1, -0.05) is 37.8 Å². The predicted octanol–water partition coefficient (Wildman–Crippen LogP) is 3.80. The second kappa shape index (κ2) is 8.22. The van der Waals surface area contributed by atoms with Gasteiger partial charge in [-0.2, -0.15) is 0 Å². The van der Waals surface area contributed by atoms with Gasteiger partial charge in [-0.3, -0.25) is 0 Å². The molecule has 102 valence electrons. The zero-order valence-corrected chi connectivity index (χ0v) is 11.8. The standard InChI is InChI=1S/C14H21ClO3/c1-3-4-5-6-7-18-14-12(15)8-11(10-16)9-13(14)17-2/h8-9,16H,3-7,10H2,1-2H3. The molecule has 0 aliphatic carbocycles. The molecule has 0 radical (unpaired) electrons. The fourth-order valence-corrected chi connectivity index (χ4v) is 2.00. The number of halogens is 1. The third-order valence-corrected chi connectivity index (χ3v) is 3.00. The number of aliphatic hydroxyl groups is 1. The van der Waals surface area contributed by atoms with Crippen LogP contribution in [0.2, 0.25) is 5.02 Å². The molecular formula is C14H21ClO3. The molecular weight excluding hydrogens is 252 g/mol. The van der Waals surface area contributed by atoms with Gasteiger partial charge in [-0.15, -0.1) is 0 Å². The highest BCUT2D eigenvalue weighted by atomic mass is 35.5. The molecule has 1 rings (SSSR count). The summed E-state index contributed by atoms with van der Waals surface area (Å²) < 4.78 is 10.9. The highest BCUT2D eigenvalue weighted by molar-refractivity contribution is 6.32.